The summed E-state index contributed by atoms with van der Waals surface area (Å²) < 4.78 is 60.0. The predicted octanol–water partition coefficient (Wildman–Crippen LogP) is 1.68. The minimum atomic E-state index is -5.34. The molecule has 0 bridgehead atoms. The number of primary amides is 1. The molecule has 1 aliphatic rings. The zero-order chi connectivity index (χ0) is 16.5. The van der Waals surface area contributed by atoms with Crippen molar-refractivity contribution < 1.29 is 26.4 Å². The third-order valence-electron chi connectivity index (χ3n) is 3.64. The number of halogens is 3. The first-order valence-corrected chi connectivity index (χ1v) is 8.07. The van der Waals surface area contributed by atoms with Crippen molar-refractivity contribution >= 4 is 21.4 Å². The van der Waals surface area contributed by atoms with Crippen molar-refractivity contribution in [1.82, 2.24) is 0 Å². The van der Waals surface area contributed by atoms with Gasteiger partial charge in [-0.05, 0) is 37.1 Å². The Morgan fingerprint density at radius 2 is 1.82 bits per heavy atom. The lowest BCUT2D eigenvalue weighted by Gasteiger charge is -2.33. The summed E-state index contributed by atoms with van der Waals surface area (Å²) in [6.07, 6.45) is 1.41. The van der Waals surface area contributed by atoms with Crippen LogP contribution in [0.15, 0.2) is 29.2 Å². The van der Waals surface area contributed by atoms with Crippen LogP contribution in [0.1, 0.15) is 12.8 Å². The van der Waals surface area contributed by atoms with E-state index in [4.69, 9.17) is 5.73 Å². The summed E-state index contributed by atoms with van der Waals surface area (Å²) in [6, 6.07) is 4.46. The minimum absolute atomic E-state index is 0.313. The number of hydrogen-bond acceptors (Lipinski definition) is 4. The van der Waals surface area contributed by atoms with Gasteiger partial charge in [-0.25, -0.2) is 8.42 Å². The van der Waals surface area contributed by atoms with E-state index in [1.165, 1.54) is 12.1 Å². The van der Waals surface area contributed by atoms with Crippen LogP contribution in [0.3, 0.4) is 0 Å². The third kappa shape index (κ3) is 3.18. The van der Waals surface area contributed by atoms with E-state index in [-0.39, 0.29) is 5.92 Å². The maximum Gasteiger partial charge on any atom is 0.501 e. The Kier molecular flexibility index (Phi) is 4.37. The highest BCUT2D eigenvalue weighted by molar-refractivity contribution is 7.92. The second-order valence-electron chi connectivity index (χ2n) is 5.13. The molecule has 1 aromatic carbocycles. The maximum atomic E-state index is 12.5. The largest absolute Gasteiger partial charge is 0.501 e. The van der Waals surface area contributed by atoms with E-state index < -0.39 is 26.1 Å². The van der Waals surface area contributed by atoms with E-state index in [2.05, 4.69) is 0 Å². The molecule has 0 saturated carbocycles. The molecule has 1 heterocycles. The second-order valence-corrected chi connectivity index (χ2v) is 7.07. The number of anilines is 1. The number of hydrogen-bond donors (Lipinski definition) is 1. The molecular weight excluding hydrogens is 321 g/mol. The van der Waals surface area contributed by atoms with Crippen LogP contribution in [0.25, 0.3) is 0 Å². The fraction of sp³-hybridized carbons (Fsp3) is 0.462. The predicted molar refractivity (Wildman–Crippen MR) is 73.8 cm³/mol. The molecule has 2 N–H and O–H groups in total. The van der Waals surface area contributed by atoms with Crippen molar-refractivity contribution in [2.24, 2.45) is 11.7 Å². The van der Waals surface area contributed by atoms with Crippen LogP contribution < -0.4 is 10.6 Å². The van der Waals surface area contributed by atoms with Crippen molar-refractivity contribution in [2.75, 3.05) is 18.0 Å². The van der Waals surface area contributed by atoms with E-state index in [0.717, 1.165) is 18.6 Å². The number of alkyl halides is 3. The number of benzene rings is 1. The Labute approximate surface area is 125 Å². The molecule has 1 amide bonds. The molecule has 1 aromatic rings. The number of piperidine rings is 1. The summed E-state index contributed by atoms with van der Waals surface area (Å²) in [7, 11) is -5.34. The topological polar surface area (TPSA) is 80.5 Å². The first-order chi connectivity index (χ1) is 10.1. The van der Waals surface area contributed by atoms with Crippen LogP contribution in [0.4, 0.5) is 18.9 Å². The van der Waals surface area contributed by atoms with Crippen molar-refractivity contribution in [3.8, 4) is 0 Å². The van der Waals surface area contributed by atoms with Crippen molar-refractivity contribution in [1.29, 1.82) is 0 Å². The number of carbonyl (C=O) groups is 1. The van der Waals surface area contributed by atoms with E-state index in [0.29, 0.717) is 25.2 Å². The van der Waals surface area contributed by atoms with Crippen molar-refractivity contribution in [2.45, 2.75) is 23.2 Å². The van der Waals surface area contributed by atoms with E-state index in [9.17, 15) is 26.4 Å². The molecule has 1 saturated heterocycles. The minimum Gasteiger partial charge on any atom is -0.371 e. The quantitative estimate of drug-likeness (QED) is 0.911. The Bertz CT molecular complexity index is 656. The van der Waals surface area contributed by atoms with Crippen LogP contribution in [-0.2, 0) is 14.6 Å². The number of rotatable bonds is 3. The van der Waals surface area contributed by atoms with Gasteiger partial charge in [0.05, 0.1) is 10.8 Å². The van der Waals surface area contributed by atoms with Gasteiger partial charge >= 0.3 is 5.51 Å². The van der Waals surface area contributed by atoms with Crippen LogP contribution in [0.5, 0.6) is 0 Å². The Morgan fingerprint density at radius 1 is 1.23 bits per heavy atom. The first-order valence-electron chi connectivity index (χ1n) is 6.58. The monoisotopic (exact) mass is 336 g/mol. The Balaban J connectivity index is 2.21. The normalized spacial score (nSPS) is 20.0. The van der Waals surface area contributed by atoms with Gasteiger partial charge in [-0.2, -0.15) is 13.2 Å². The summed E-state index contributed by atoms with van der Waals surface area (Å²) in [6.45, 7) is 1.01. The molecule has 0 aliphatic carbocycles. The van der Waals surface area contributed by atoms with Gasteiger partial charge in [0, 0.05) is 18.8 Å². The molecule has 0 spiro atoms. The zero-order valence-corrected chi connectivity index (χ0v) is 12.3. The molecule has 0 unspecified atom stereocenters. The number of nitrogens with zero attached hydrogens (tertiary/aromatic N) is 1. The molecule has 1 atom stereocenters. The van der Waals surface area contributed by atoms with Gasteiger partial charge in [0.2, 0.25) is 5.91 Å². The summed E-state index contributed by atoms with van der Waals surface area (Å²) in [5.74, 6) is -0.728. The number of carbonyl (C=O) groups excluding carboxylic acids is 1. The highest BCUT2D eigenvalue weighted by Gasteiger charge is 2.46. The summed E-state index contributed by atoms with van der Waals surface area (Å²) in [5, 5.41) is 0. The second kappa shape index (κ2) is 5.79. The Hall–Kier alpha value is -1.77. The fourth-order valence-electron chi connectivity index (χ4n) is 2.41. The average Bonchev–Trinajstić information content (AvgIpc) is 2.46. The number of nitrogens with two attached hydrogens (primary N) is 1. The van der Waals surface area contributed by atoms with Gasteiger partial charge in [0.1, 0.15) is 0 Å². The first kappa shape index (κ1) is 16.6. The molecule has 2 rings (SSSR count). The molecule has 22 heavy (non-hydrogen) atoms. The van der Waals surface area contributed by atoms with Crippen LogP contribution in [-0.4, -0.2) is 32.9 Å². The highest BCUT2D eigenvalue weighted by Crippen LogP contribution is 2.31. The molecule has 0 aromatic heterocycles. The van der Waals surface area contributed by atoms with Gasteiger partial charge in [0.25, 0.3) is 9.84 Å². The number of sulfone groups is 1. The molecular formula is C13H15F3N2O3S. The summed E-state index contributed by atoms with van der Waals surface area (Å²) in [5.41, 5.74) is 0.506. The molecule has 9 heteroatoms. The van der Waals surface area contributed by atoms with Crippen LogP contribution in [0.2, 0.25) is 0 Å². The summed E-state index contributed by atoms with van der Waals surface area (Å²) in [4.78, 5) is 12.2. The fourth-order valence-corrected chi connectivity index (χ4v) is 3.18. The highest BCUT2D eigenvalue weighted by atomic mass is 32.2. The Morgan fingerprint density at radius 3 is 2.32 bits per heavy atom. The molecule has 0 radical (unpaired) electrons. The van der Waals surface area contributed by atoms with Gasteiger partial charge in [-0.15, -0.1) is 0 Å². The molecule has 1 aliphatic heterocycles. The van der Waals surface area contributed by atoms with Gasteiger partial charge in [0.15, 0.2) is 0 Å². The molecule has 122 valence electrons. The SMILES string of the molecule is NC(=O)[C@@H]1CCCN(c2ccc(S(=O)(=O)C(F)(F)F)cc2)C1. The van der Waals surface area contributed by atoms with E-state index in [1.807, 2.05) is 4.90 Å². The summed E-state index contributed by atoms with van der Waals surface area (Å²) >= 11 is 0. The number of amides is 1. The third-order valence-corrected chi connectivity index (χ3v) is 5.14. The molecule has 5 nitrogen and oxygen atoms in total. The maximum absolute atomic E-state index is 12.5. The van der Waals surface area contributed by atoms with Crippen LogP contribution in [0, 0.1) is 5.92 Å². The van der Waals surface area contributed by atoms with Crippen LogP contribution >= 0.6 is 0 Å². The van der Waals surface area contributed by atoms with E-state index >= 15 is 0 Å². The van der Waals surface area contributed by atoms with Crippen molar-refractivity contribution in [3.63, 3.8) is 0 Å². The van der Waals surface area contributed by atoms with Gasteiger partial charge in [-0.3, -0.25) is 4.79 Å². The molecule has 1 fully saturated rings. The smallest absolute Gasteiger partial charge is 0.371 e. The van der Waals surface area contributed by atoms with Gasteiger partial charge < -0.3 is 10.6 Å². The zero-order valence-electron chi connectivity index (χ0n) is 11.5. The lowest BCUT2D eigenvalue weighted by atomic mass is 9.97. The van der Waals surface area contributed by atoms with E-state index in [1.54, 1.807) is 0 Å². The average molecular weight is 336 g/mol. The van der Waals surface area contributed by atoms with Gasteiger partial charge in [-0.1, -0.05) is 0 Å². The standard InChI is InChI=1S/C13H15F3N2O3S/c14-13(15,16)22(20,21)11-5-3-10(4-6-11)18-7-1-2-9(8-18)12(17)19/h3-6,9H,1-2,7-8H2,(H2,17,19)/t9-/m1/s1. The van der Waals surface area contributed by atoms with Crippen molar-refractivity contribution in [3.05, 3.63) is 24.3 Å². The lowest BCUT2D eigenvalue weighted by molar-refractivity contribution is -0.122. The lowest BCUT2D eigenvalue weighted by Crippen LogP contribution is -2.41.